The van der Waals surface area contributed by atoms with E-state index in [1.807, 2.05) is 48.5 Å². The molecule has 0 unspecified atom stereocenters. The van der Waals surface area contributed by atoms with Gasteiger partial charge in [0.25, 0.3) is 5.91 Å². The smallest absolute Gasteiger partial charge is 0.298 e. The number of H-pyrrole nitrogens is 1. The van der Waals surface area contributed by atoms with Gasteiger partial charge in [0.2, 0.25) is 0 Å². The van der Waals surface area contributed by atoms with Crippen LogP contribution in [0.25, 0.3) is 11.4 Å². The van der Waals surface area contributed by atoms with Gasteiger partial charge >= 0.3 is 0 Å². The molecule has 5 heteroatoms. The number of para-hydroxylation sites is 1. The molecule has 4 rings (SSSR count). The fourth-order valence-electron chi connectivity index (χ4n) is 3.22. The maximum Gasteiger partial charge on any atom is 0.298 e. The summed E-state index contributed by atoms with van der Waals surface area (Å²) in [6.07, 6.45) is 3.54. The molecule has 2 aromatic carbocycles. The first-order valence-electron chi connectivity index (χ1n) is 8.83. The van der Waals surface area contributed by atoms with Gasteiger partial charge in [0.1, 0.15) is 17.3 Å². The van der Waals surface area contributed by atoms with Crippen molar-refractivity contribution in [3.8, 4) is 34.7 Å². The van der Waals surface area contributed by atoms with Crippen LogP contribution in [-0.4, -0.2) is 33.9 Å². The number of aromatic nitrogens is 2. The number of nitrogens with zero attached hydrogens (tertiary/aromatic N) is 2. The van der Waals surface area contributed by atoms with Crippen LogP contribution in [0, 0.1) is 11.8 Å². The quantitative estimate of drug-likeness (QED) is 0.722. The van der Waals surface area contributed by atoms with Gasteiger partial charge in [0.05, 0.1) is 0 Å². The fraction of sp³-hybridized carbons (Fsp3) is 0.182. The van der Waals surface area contributed by atoms with Gasteiger partial charge in [-0.15, -0.1) is 0 Å². The monoisotopic (exact) mass is 357 g/mol. The van der Waals surface area contributed by atoms with Gasteiger partial charge in [0.15, 0.2) is 0 Å². The number of aromatic amines is 1. The van der Waals surface area contributed by atoms with E-state index in [0.29, 0.717) is 13.1 Å². The van der Waals surface area contributed by atoms with Crippen LogP contribution in [-0.2, 0) is 4.79 Å². The average molecular weight is 357 g/mol. The number of carbonyl (C=O) groups excluding carboxylic acids is 1. The van der Waals surface area contributed by atoms with Crippen LogP contribution < -0.4 is 4.74 Å². The molecule has 1 N–H and O–H groups in total. The number of imidazole rings is 1. The Labute approximate surface area is 158 Å². The van der Waals surface area contributed by atoms with Gasteiger partial charge in [-0.3, -0.25) is 4.79 Å². The van der Waals surface area contributed by atoms with E-state index in [1.165, 1.54) is 0 Å². The van der Waals surface area contributed by atoms with Crippen molar-refractivity contribution < 1.29 is 9.53 Å². The number of hydrogen-bond acceptors (Lipinski definition) is 3. The highest BCUT2D eigenvalue weighted by Crippen LogP contribution is 2.37. The lowest BCUT2D eigenvalue weighted by molar-refractivity contribution is -0.129. The standard InChI is InChI=1S/C22H19N3O2/c1-2-6-21(26)25-14-16(15-25)20-13-18(27-17-7-4-3-5-8-17)9-10-19(20)22-23-11-12-24-22/h3-5,7-13,16H,14-15H2,1H3,(H,23,24). The lowest BCUT2D eigenvalue weighted by Crippen LogP contribution is -2.48. The third-order valence-electron chi connectivity index (χ3n) is 4.60. The van der Waals surface area contributed by atoms with Crippen molar-refractivity contribution in [1.29, 1.82) is 0 Å². The predicted octanol–water partition coefficient (Wildman–Crippen LogP) is 3.82. The highest BCUT2D eigenvalue weighted by Gasteiger charge is 2.33. The first-order valence-corrected chi connectivity index (χ1v) is 8.83. The van der Waals surface area contributed by atoms with Gasteiger partial charge < -0.3 is 14.6 Å². The number of nitrogens with one attached hydrogen (secondary N) is 1. The van der Waals surface area contributed by atoms with E-state index in [9.17, 15) is 4.79 Å². The minimum absolute atomic E-state index is 0.120. The molecule has 0 atom stereocenters. The van der Waals surface area contributed by atoms with Crippen LogP contribution >= 0.6 is 0 Å². The summed E-state index contributed by atoms with van der Waals surface area (Å²) in [7, 11) is 0. The van der Waals surface area contributed by atoms with E-state index in [1.54, 1.807) is 24.2 Å². The summed E-state index contributed by atoms with van der Waals surface area (Å²) >= 11 is 0. The summed E-state index contributed by atoms with van der Waals surface area (Å²) in [4.78, 5) is 21.2. The van der Waals surface area contributed by atoms with E-state index in [0.717, 1.165) is 28.5 Å². The molecular formula is C22H19N3O2. The van der Waals surface area contributed by atoms with Crippen LogP contribution in [0.2, 0.25) is 0 Å². The van der Waals surface area contributed by atoms with E-state index in [2.05, 4.69) is 21.8 Å². The van der Waals surface area contributed by atoms with E-state index >= 15 is 0 Å². The molecule has 0 bridgehead atoms. The Balaban J connectivity index is 1.62. The Morgan fingerprint density at radius 3 is 2.70 bits per heavy atom. The number of amides is 1. The largest absolute Gasteiger partial charge is 0.457 e. The second-order valence-electron chi connectivity index (χ2n) is 6.38. The zero-order valence-electron chi connectivity index (χ0n) is 15.0. The molecule has 0 spiro atoms. The second-order valence-corrected chi connectivity index (χ2v) is 6.38. The molecule has 2 heterocycles. The lowest BCUT2D eigenvalue weighted by atomic mass is 9.87. The molecule has 3 aromatic rings. The predicted molar refractivity (Wildman–Crippen MR) is 103 cm³/mol. The number of carbonyl (C=O) groups is 1. The molecule has 0 saturated carbocycles. The van der Waals surface area contributed by atoms with Crippen LogP contribution in [0.5, 0.6) is 11.5 Å². The Kier molecular flexibility index (Phi) is 4.63. The number of benzene rings is 2. The minimum atomic E-state index is -0.120. The summed E-state index contributed by atoms with van der Waals surface area (Å²) in [6, 6.07) is 15.7. The maximum absolute atomic E-state index is 11.9. The van der Waals surface area contributed by atoms with Gasteiger partial charge in [0, 0.05) is 37.0 Å². The number of hydrogen-bond donors (Lipinski definition) is 1. The molecule has 1 saturated heterocycles. The highest BCUT2D eigenvalue weighted by atomic mass is 16.5. The Morgan fingerprint density at radius 2 is 2.00 bits per heavy atom. The maximum atomic E-state index is 11.9. The number of ether oxygens (including phenoxy) is 1. The molecule has 0 aliphatic carbocycles. The van der Waals surface area contributed by atoms with E-state index in [4.69, 9.17) is 4.74 Å². The highest BCUT2D eigenvalue weighted by molar-refractivity contribution is 5.94. The summed E-state index contributed by atoms with van der Waals surface area (Å²) in [6.45, 7) is 2.97. The van der Waals surface area contributed by atoms with Crippen molar-refractivity contribution in [2.24, 2.45) is 0 Å². The zero-order valence-corrected chi connectivity index (χ0v) is 15.0. The molecule has 1 aliphatic heterocycles. The van der Waals surface area contributed by atoms with Crippen molar-refractivity contribution in [3.63, 3.8) is 0 Å². The van der Waals surface area contributed by atoms with Crippen LogP contribution in [0.15, 0.2) is 60.9 Å². The van der Waals surface area contributed by atoms with Gasteiger partial charge in [-0.1, -0.05) is 24.1 Å². The molecule has 27 heavy (non-hydrogen) atoms. The van der Waals surface area contributed by atoms with E-state index in [-0.39, 0.29) is 11.8 Å². The second kappa shape index (κ2) is 7.38. The molecule has 1 amide bonds. The molecule has 1 aliphatic rings. The van der Waals surface area contributed by atoms with Crippen LogP contribution in [0.4, 0.5) is 0 Å². The summed E-state index contributed by atoms with van der Waals surface area (Å²) in [5.41, 5.74) is 2.14. The first kappa shape index (κ1) is 16.9. The van der Waals surface area contributed by atoms with Crippen molar-refractivity contribution in [3.05, 3.63) is 66.5 Å². The summed E-state index contributed by atoms with van der Waals surface area (Å²) in [5.74, 6) is 7.75. The van der Waals surface area contributed by atoms with E-state index < -0.39 is 0 Å². The van der Waals surface area contributed by atoms with Gasteiger partial charge in [-0.05, 0) is 48.7 Å². The zero-order chi connectivity index (χ0) is 18.6. The van der Waals surface area contributed by atoms with Crippen LogP contribution in [0.1, 0.15) is 18.4 Å². The Bertz CT molecular complexity index is 995. The SMILES string of the molecule is CC#CC(=O)N1CC(c2cc(Oc3ccccc3)ccc2-c2ncc[nH]2)C1. The molecule has 134 valence electrons. The fourth-order valence-corrected chi connectivity index (χ4v) is 3.22. The Morgan fingerprint density at radius 1 is 1.19 bits per heavy atom. The van der Waals surface area contributed by atoms with Crippen molar-refractivity contribution in [2.45, 2.75) is 12.8 Å². The molecule has 0 radical (unpaired) electrons. The topological polar surface area (TPSA) is 58.2 Å². The molecule has 5 nitrogen and oxygen atoms in total. The third-order valence-corrected chi connectivity index (χ3v) is 4.60. The summed E-state index contributed by atoms with van der Waals surface area (Å²) < 4.78 is 5.99. The van der Waals surface area contributed by atoms with Gasteiger partial charge in [-0.25, -0.2) is 4.98 Å². The lowest BCUT2D eigenvalue weighted by Gasteiger charge is -2.39. The first-order chi connectivity index (χ1) is 13.2. The number of likely N-dealkylation sites (tertiary alicyclic amines) is 1. The van der Waals surface area contributed by atoms with Gasteiger partial charge in [-0.2, -0.15) is 0 Å². The molecular weight excluding hydrogens is 338 g/mol. The Hall–Kier alpha value is -3.52. The van der Waals surface area contributed by atoms with Crippen molar-refractivity contribution >= 4 is 5.91 Å². The normalized spacial score (nSPS) is 13.4. The minimum Gasteiger partial charge on any atom is -0.457 e. The number of rotatable bonds is 4. The van der Waals surface area contributed by atoms with Crippen molar-refractivity contribution in [1.82, 2.24) is 14.9 Å². The summed E-state index contributed by atoms with van der Waals surface area (Å²) in [5, 5.41) is 0. The van der Waals surface area contributed by atoms with Crippen LogP contribution in [0.3, 0.4) is 0 Å². The molecule has 1 aromatic heterocycles. The molecule has 1 fully saturated rings. The third kappa shape index (κ3) is 3.56. The van der Waals surface area contributed by atoms with Crippen molar-refractivity contribution in [2.75, 3.05) is 13.1 Å². The average Bonchev–Trinajstić information content (AvgIpc) is 3.16.